The van der Waals surface area contributed by atoms with E-state index in [4.69, 9.17) is 15.9 Å². The van der Waals surface area contributed by atoms with Gasteiger partial charge in [-0.15, -0.1) is 0 Å². The Kier molecular flexibility index (Phi) is 6.87. The molecule has 3 aromatic rings. The summed E-state index contributed by atoms with van der Waals surface area (Å²) in [6.07, 6.45) is 0. The van der Waals surface area contributed by atoms with Crippen molar-refractivity contribution in [2.75, 3.05) is 5.73 Å². The van der Waals surface area contributed by atoms with Crippen LogP contribution in [0.4, 0.5) is 5.69 Å². The minimum absolute atomic E-state index is 0.0246. The highest BCUT2D eigenvalue weighted by Crippen LogP contribution is 2.31. The molecule has 0 unspecified atom stereocenters. The Labute approximate surface area is 195 Å². The first-order chi connectivity index (χ1) is 15.5. The average molecular weight is 470 g/mol. The van der Waals surface area contributed by atoms with Crippen molar-refractivity contribution in [2.45, 2.75) is 45.8 Å². The molecule has 33 heavy (non-hydrogen) atoms. The van der Waals surface area contributed by atoms with Crippen LogP contribution in [0.1, 0.15) is 64.1 Å². The molecule has 10 heteroatoms. The maximum atomic E-state index is 13.7. The van der Waals surface area contributed by atoms with Crippen LogP contribution < -0.4 is 16.8 Å². The quantitative estimate of drug-likeness (QED) is 0.485. The molecule has 9 nitrogen and oxygen atoms in total. The molecule has 0 saturated carbocycles. The number of hydrogen-bond acceptors (Lipinski definition) is 7. The Morgan fingerprint density at radius 3 is 2.33 bits per heavy atom. The number of nitrogen functional groups attached to an aromatic ring is 1. The van der Waals surface area contributed by atoms with E-state index in [1.165, 1.54) is 4.90 Å². The van der Waals surface area contributed by atoms with Gasteiger partial charge in [0.2, 0.25) is 0 Å². The van der Waals surface area contributed by atoms with E-state index in [9.17, 15) is 14.4 Å². The van der Waals surface area contributed by atoms with Crippen LogP contribution in [-0.4, -0.2) is 32.5 Å². The van der Waals surface area contributed by atoms with Crippen molar-refractivity contribution < 1.29 is 18.8 Å². The van der Waals surface area contributed by atoms with Gasteiger partial charge in [0.25, 0.3) is 17.7 Å². The molecule has 3 amide bonds. The number of carbonyl (C=O) groups is 3. The molecule has 0 aliphatic carbocycles. The summed E-state index contributed by atoms with van der Waals surface area (Å²) in [6, 6.07) is 11.5. The summed E-state index contributed by atoms with van der Waals surface area (Å²) in [4.78, 5) is 40.2. The number of aryl methyl sites for hydroxylation is 1. The Hall–Kier alpha value is -3.66. The lowest BCUT2D eigenvalue weighted by Gasteiger charge is -2.32. The van der Waals surface area contributed by atoms with E-state index in [2.05, 4.69) is 9.69 Å². The summed E-state index contributed by atoms with van der Waals surface area (Å²) in [5, 5.41) is 2.93. The van der Waals surface area contributed by atoms with Crippen molar-refractivity contribution >= 4 is 34.9 Å². The van der Waals surface area contributed by atoms with Crippen molar-refractivity contribution in [3.63, 3.8) is 0 Å². The van der Waals surface area contributed by atoms with Gasteiger partial charge in [0.05, 0.1) is 5.69 Å². The number of nitrogens with two attached hydrogens (primary N) is 2. The SMILES string of the molecule is Cc1ccc([C@H](C(=O)NC(C)(C)C)N(Cc2ccccc2)C(=O)c2snc(C(N)=O)c2N)o1. The molecule has 2 heterocycles. The van der Waals surface area contributed by atoms with Crippen LogP contribution in [0.5, 0.6) is 0 Å². The third-order valence-corrected chi connectivity index (χ3v) is 5.55. The molecular formula is C23H27N5O4S. The summed E-state index contributed by atoms with van der Waals surface area (Å²) in [6.45, 7) is 7.38. The predicted molar refractivity (Wildman–Crippen MR) is 125 cm³/mol. The van der Waals surface area contributed by atoms with Crippen LogP contribution in [0.3, 0.4) is 0 Å². The van der Waals surface area contributed by atoms with Gasteiger partial charge in [0, 0.05) is 12.1 Å². The average Bonchev–Trinajstić information content (AvgIpc) is 3.32. The number of nitrogens with zero attached hydrogens (tertiary/aromatic N) is 2. The van der Waals surface area contributed by atoms with Crippen LogP contribution >= 0.6 is 11.5 Å². The predicted octanol–water partition coefficient (Wildman–Crippen LogP) is 3.02. The summed E-state index contributed by atoms with van der Waals surface area (Å²) < 4.78 is 9.72. The van der Waals surface area contributed by atoms with Crippen molar-refractivity contribution in [1.82, 2.24) is 14.6 Å². The number of carbonyl (C=O) groups excluding carboxylic acids is 3. The Morgan fingerprint density at radius 2 is 1.82 bits per heavy atom. The van der Waals surface area contributed by atoms with Crippen LogP contribution in [0.25, 0.3) is 0 Å². The number of furan rings is 1. The van der Waals surface area contributed by atoms with Gasteiger partial charge >= 0.3 is 0 Å². The van der Waals surface area contributed by atoms with Crippen molar-refractivity contribution in [1.29, 1.82) is 0 Å². The molecule has 0 aliphatic heterocycles. The second-order valence-corrected chi connectivity index (χ2v) is 9.42. The Bertz CT molecular complexity index is 1160. The zero-order valence-electron chi connectivity index (χ0n) is 18.9. The summed E-state index contributed by atoms with van der Waals surface area (Å²) in [5.74, 6) is -0.916. The first kappa shape index (κ1) is 24.0. The third-order valence-electron chi connectivity index (χ3n) is 4.70. The second-order valence-electron chi connectivity index (χ2n) is 8.65. The molecular weight excluding hydrogens is 442 g/mol. The Morgan fingerprint density at radius 1 is 1.15 bits per heavy atom. The van der Waals surface area contributed by atoms with Crippen molar-refractivity contribution in [3.8, 4) is 0 Å². The van der Waals surface area contributed by atoms with Crippen LogP contribution in [0.2, 0.25) is 0 Å². The number of rotatable bonds is 7. The number of nitrogens with one attached hydrogen (secondary N) is 1. The molecule has 2 aromatic heterocycles. The van der Waals surface area contributed by atoms with E-state index in [0.29, 0.717) is 11.5 Å². The van der Waals surface area contributed by atoms with E-state index in [1.807, 2.05) is 51.1 Å². The van der Waals surface area contributed by atoms with Gasteiger partial charge in [-0.25, -0.2) is 0 Å². The lowest BCUT2D eigenvalue weighted by Crippen LogP contribution is -2.49. The van der Waals surface area contributed by atoms with E-state index in [1.54, 1.807) is 19.1 Å². The van der Waals surface area contributed by atoms with Gasteiger partial charge in [-0.1, -0.05) is 30.3 Å². The number of anilines is 1. The van der Waals surface area contributed by atoms with Crippen molar-refractivity contribution in [3.05, 3.63) is 70.1 Å². The second kappa shape index (κ2) is 9.45. The highest BCUT2D eigenvalue weighted by Gasteiger charge is 2.37. The lowest BCUT2D eigenvalue weighted by molar-refractivity contribution is -0.128. The van der Waals surface area contributed by atoms with Crippen LogP contribution in [0, 0.1) is 6.92 Å². The molecule has 1 atom stereocenters. The highest BCUT2D eigenvalue weighted by atomic mass is 32.1. The first-order valence-electron chi connectivity index (χ1n) is 10.3. The molecule has 0 bridgehead atoms. The van der Waals surface area contributed by atoms with Gasteiger partial charge in [0.1, 0.15) is 16.4 Å². The molecule has 0 radical (unpaired) electrons. The van der Waals surface area contributed by atoms with Crippen LogP contribution in [-0.2, 0) is 11.3 Å². The number of primary amides is 1. The molecule has 1 aromatic carbocycles. The first-order valence-corrected chi connectivity index (χ1v) is 11.0. The van der Waals surface area contributed by atoms with Gasteiger partial charge in [-0.05, 0) is 56.9 Å². The third kappa shape index (κ3) is 5.58. The summed E-state index contributed by atoms with van der Waals surface area (Å²) in [5.41, 5.74) is 11.3. The fraction of sp³-hybridized carbons (Fsp3) is 0.304. The Balaban J connectivity index is 2.12. The maximum Gasteiger partial charge on any atom is 0.270 e. The highest BCUT2D eigenvalue weighted by molar-refractivity contribution is 7.09. The molecule has 3 rings (SSSR count). The normalized spacial score (nSPS) is 12.2. The lowest BCUT2D eigenvalue weighted by atomic mass is 10.0. The number of amides is 3. The fourth-order valence-corrected chi connectivity index (χ4v) is 4.04. The fourth-order valence-electron chi connectivity index (χ4n) is 3.28. The summed E-state index contributed by atoms with van der Waals surface area (Å²) >= 11 is 0.765. The number of aromatic nitrogens is 1. The standard InChI is InChI=1S/C23H27N5O4S/c1-13-10-11-15(32-13)18(21(30)26-23(2,3)4)28(12-14-8-6-5-7-9-14)22(31)19-16(24)17(20(25)29)27-33-19/h5-11,18H,12,24H2,1-4H3,(H2,25,29)(H,26,30)/t18-/m1/s1. The maximum absolute atomic E-state index is 13.7. The molecule has 0 saturated heterocycles. The van der Waals surface area contributed by atoms with Crippen molar-refractivity contribution in [2.24, 2.45) is 5.73 Å². The zero-order chi connectivity index (χ0) is 24.3. The minimum Gasteiger partial charge on any atom is -0.464 e. The molecule has 0 spiro atoms. The van der Waals surface area contributed by atoms with E-state index >= 15 is 0 Å². The molecule has 174 valence electrons. The number of benzene rings is 1. The van der Waals surface area contributed by atoms with E-state index in [-0.39, 0.29) is 22.8 Å². The monoisotopic (exact) mass is 469 g/mol. The zero-order valence-corrected chi connectivity index (χ0v) is 19.7. The molecule has 0 fully saturated rings. The minimum atomic E-state index is -1.09. The smallest absolute Gasteiger partial charge is 0.270 e. The van der Waals surface area contributed by atoms with E-state index < -0.39 is 29.3 Å². The van der Waals surface area contributed by atoms with Gasteiger partial charge in [-0.3, -0.25) is 14.4 Å². The molecule has 0 aliphatic rings. The summed E-state index contributed by atoms with van der Waals surface area (Å²) in [7, 11) is 0. The number of hydrogen-bond donors (Lipinski definition) is 3. The van der Waals surface area contributed by atoms with Gasteiger partial charge < -0.3 is 26.1 Å². The van der Waals surface area contributed by atoms with Gasteiger partial charge in [0.15, 0.2) is 11.7 Å². The largest absolute Gasteiger partial charge is 0.464 e. The van der Waals surface area contributed by atoms with Crippen LogP contribution in [0.15, 0.2) is 46.9 Å². The molecule has 5 N–H and O–H groups in total. The van der Waals surface area contributed by atoms with Gasteiger partial charge in [-0.2, -0.15) is 4.37 Å². The van der Waals surface area contributed by atoms with E-state index in [0.717, 1.165) is 17.1 Å². The topological polar surface area (TPSA) is 145 Å².